The Morgan fingerprint density at radius 2 is 1.83 bits per heavy atom. The van der Waals surface area contributed by atoms with E-state index in [1.165, 1.54) is 0 Å². The van der Waals surface area contributed by atoms with Gasteiger partial charge in [-0.15, -0.1) is 0 Å². The number of benzene rings is 2. The number of hydrogen-bond acceptors (Lipinski definition) is 2. The lowest BCUT2D eigenvalue weighted by atomic mass is 10.1. The maximum atomic E-state index is 13.0. The Labute approximate surface area is 142 Å². The molecule has 0 bridgehead atoms. The molecule has 4 heteroatoms. The van der Waals surface area contributed by atoms with Crippen LogP contribution in [0.4, 0.5) is 0 Å². The predicted octanol–water partition coefficient (Wildman–Crippen LogP) is 3.94. The number of amides is 1. The third-order valence-electron chi connectivity index (χ3n) is 4.31. The van der Waals surface area contributed by atoms with Crippen molar-refractivity contribution in [2.24, 2.45) is 0 Å². The van der Waals surface area contributed by atoms with Crippen molar-refractivity contribution in [1.29, 1.82) is 0 Å². The molecule has 0 unspecified atom stereocenters. The van der Waals surface area contributed by atoms with Crippen LogP contribution in [0.3, 0.4) is 0 Å². The number of aryl methyl sites for hydroxylation is 1. The average Bonchev–Trinajstić information content (AvgIpc) is 3.00. The van der Waals surface area contributed by atoms with Crippen LogP contribution in [0.5, 0.6) is 5.75 Å². The van der Waals surface area contributed by atoms with Crippen molar-refractivity contribution in [2.75, 3.05) is 14.2 Å². The second kappa shape index (κ2) is 6.79. The quantitative estimate of drug-likeness (QED) is 0.713. The fourth-order valence-electron chi connectivity index (χ4n) is 3.05. The van der Waals surface area contributed by atoms with Crippen LogP contribution < -0.4 is 4.74 Å². The van der Waals surface area contributed by atoms with Gasteiger partial charge in [-0.1, -0.05) is 36.4 Å². The number of para-hydroxylation sites is 2. The molecule has 1 heterocycles. The van der Waals surface area contributed by atoms with Crippen LogP contribution in [0.1, 0.15) is 22.8 Å². The molecule has 0 saturated heterocycles. The fourth-order valence-corrected chi connectivity index (χ4v) is 3.05. The highest BCUT2D eigenvalue weighted by atomic mass is 16.5. The first-order valence-corrected chi connectivity index (χ1v) is 8.11. The zero-order chi connectivity index (χ0) is 17.1. The Bertz CT molecular complexity index is 867. The van der Waals surface area contributed by atoms with Crippen molar-refractivity contribution in [3.8, 4) is 5.75 Å². The zero-order valence-corrected chi connectivity index (χ0v) is 14.3. The molecule has 0 saturated carbocycles. The summed E-state index contributed by atoms with van der Waals surface area (Å²) in [6, 6.07) is 15.8. The molecule has 0 N–H and O–H groups in total. The van der Waals surface area contributed by atoms with Crippen LogP contribution in [0.25, 0.3) is 10.9 Å². The number of ether oxygens (including phenoxy) is 1. The van der Waals surface area contributed by atoms with Crippen molar-refractivity contribution in [1.82, 2.24) is 9.47 Å². The van der Waals surface area contributed by atoms with E-state index in [4.69, 9.17) is 4.74 Å². The summed E-state index contributed by atoms with van der Waals surface area (Å²) in [5.41, 5.74) is 2.83. The van der Waals surface area contributed by atoms with Crippen molar-refractivity contribution < 1.29 is 9.53 Å². The average molecular weight is 322 g/mol. The lowest BCUT2D eigenvalue weighted by Gasteiger charge is -2.18. The first-order chi connectivity index (χ1) is 11.7. The predicted molar refractivity (Wildman–Crippen MR) is 96.4 cm³/mol. The van der Waals surface area contributed by atoms with Crippen LogP contribution in [0.15, 0.2) is 54.7 Å². The monoisotopic (exact) mass is 322 g/mol. The van der Waals surface area contributed by atoms with Gasteiger partial charge in [0.2, 0.25) is 0 Å². The number of methoxy groups -OCH3 is 1. The minimum Gasteiger partial charge on any atom is -0.496 e. The summed E-state index contributed by atoms with van der Waals surface area (Å²) in [5.74, 6) is 0.817. The number of aromatic nitrogens is 1. The highest BCUT2D eigenvalue weighted by Crippen LogP contribution is 2.24. The topological polar surface area (TPSA) is 34.5 Å². The van der Waals surface area contributed by atoms with Gasteiger partial charge in [0.25, 0.3) is 5.91 Å². The van der Waals surface area contributed by atoms with Gasteiger partial charge in [0, 0.05) is 42.8 Å². The van der Waals surface area contributed by atoms with Gasteiger partial charge in [-0.25, -0.2) is 0 Å². The van der Waals surface area contributed by atoms with E-state index >= 15 is 0 Å². The van der Waals surface area contributed by atoms with Gasteiger partial charge in [0.1, 0.15) is 5.75 Å². The lowest BCUT2D eigenvalue weighted by molar-refractivity contribution is 0.0786. The SMILES string of the molecule is CCn1cc(C(=O)N(C)Cc2ccccc2OC)c2ccccc21. The third kappa shape index (κ3) is 2.87. The Balaban J connectivity index is 1.91. The summed E-state index contributed by atoms with van der Waals surface area (Å²) >= 11 is 0. The van der Waals surface area contributed by atoms with Gasteiger partial charge in [0.05, 0.1) is 12.7 Å². The molecule has 0 aliphatic carbocycles. The molecular formula is C20H22N2O2. The van der Waals surface area contributed by atoms with E-state index in [0.717, 1.165) is 34.3 Å². The van der Waals surface area contributed by atoms with E-state index in [1.54, 1.807) is 12.0 Å². The Hall–Kier alpha value is -2.75. The van der Waals surface area contributed by atoms with Gasteiger partial charge in [-0.3, -0.25) is 4.79 Å². The number of nitrogens with zero attached hydrogens (tertiary/aromatic N) is 2. The molecule has 24 heavy (non-hydrogen) atoms. The number of fused-ring (bicyclic) bond motifs is 1. The molecule has 0 atom stereocenters. The lowest BCUT2D eigenvalue weighted by Crippen LogP contribution is -2.26. The Morgan fingerprint density at radius 3 is 2.58 bits per heavy atom. The smallest absolute Gasteiger partial charge is 0.256 e. The Kier molecular flexibility index (Phi) is 4.56. The molecule has 1 aromatic heterocycles. The summed E-state index contributed by atoms with van der Waals surface area (Å²) in [5, 5.41) is 0.997. The summed E-state index contributed by atoms with van der Waals surface area (Å²) in [6.45, 7) is 3.43. The standard InChI is InChI=1S/C20H22N2O2/c1-4-22-14-17(16-10-6-7-11-18(16)22)20(23)21(2)13-15-9-5-8-12-19(15)24-3/h5-12,14H,4,13H2,1-3H3. The van der Waals surface area contributed by atoms with Gasteiger partial charge in [-0.05, 0) is 19.1 Å². The van der Waals surface area contributed by atoms with Crippen molar-refractivity contribution in [2.45, 2.75) is 20.0 Å². The molecule has 0 aliphatic heterocycles. The second-order valence-corrected chi connectivity index (χ2v) is 5.82. The molecule has 0 spiro atoms. The van der Waals surface area contributed by atoms with Crippen LogP contribution in [0, 0.1) is 0 Å². The molecular weight excluding hydrogens is 300 g/mol. The molecule has 0 fully saturated rings. The third-order valence-corrected chi connectivity index (χ3v) is 4.31. The maximum Gasteiger partial charge on any atom is 0.256 e. The van der Waals surface area contributed by atoms with Crippen LogP contribution in [-0.2, 0) is 13.1 Å². The van der Waals surface area contributed by atoms with Gasteiger partial charge in [0.15, 0.2) is 0 Å². The number of rotatable bonds is 5. The molecule has 2 aromatic carbocycles. The van der Waals surface area contributed by atoms with E-state index < -0.39 is 0 Å². The largest absolute Gasteiger partial charge is 0.496 e. The molecule has 3 aromatic rings. The molecule has 124 valence electrons. The van der Waals surface area contributed by atoms with E-state index in [1.807, 2.05) is 55.7 Å². The van der Waals surface area contributed by atoms with Crippen molar-refractivity contribution >= 4 is 16.8 Å². The first-order valence-electron chi connectivity index (χ1n) is 8.11. The van der Waals surface area contributed by atoms with Gasteiger partial charge < -0.3 is 14.2 Å². The number of hydrogen-bond donors (Lipinski definition) is 0. The molecule has 0 aliphatic rings. The normalized spacial score (nSPS) is 10.8. The minimum absolute atomic E-state index is 0.0179. The van der Waals surface area contributed by atoms with Crippen molar-refractivity contribution in [3.63, 3.8) is 0 Å². The number of carbonyl (C=O) groups excluding carboxylic acids is 1. The van der Waals surface area contributed by atoms with E-state index in [2.05, 4.69) is 17.6 Å². The number of carbonyl (C=O) groups is 1. The molecule has 1 amide bonds. The van der Waals surface area contributed by atoms with E-state index in [-0.39, 0.29) is 5.91 Å². The molecule has 0 radical (unpaired) electrons. The minimum atomic E-state index is 0.0179. The van der Waals surface area contributed by atoms with Crippen LogP contribution in [0.2, 0.25) is 0 Å². The maximum absolute atomic E-state index is 13.0. The zero-order valence-electron chi connectivity index (χ0n) is 14.3. The summed E-state index contributed by atoms with van der Waals surface area (Å²) in [6.07, 6.45) is 1.95. The van der Waals surface area contributed by atoms with Crippen LogP contribution in [-0.4, -0.2) is 29.5 Å². The van der Waals surface area contributed by atoms with Crippen LogP contribution >= 0.6 is 0 Å². The molecule has 4 nitrogen and oxygen atoms in total. The first kappa shape index (κ1) is 16.1. The molecule has 3 rings (SSSR count). The van der Waals surface area contributed by atoms with Crippen molar-refractivity contribution in [3.05, 3.63) is 65.9 Å². The van der Waals surface area contributed by atoms with Gasteiger partial charge in [-0.2, -0.15) is 0 Å². The Morgan fingerprint density at radius 1 is 1.12 bits per heavy atom. The van der Waals surface area contributed by atoms with E-state index in [9.17, 15) is 4.79 Å². The summed E-state index contributed by atoms with van der Waals surface area (Å²) in [7, 11) is 3.47. The summed E-state index contributed by atoms with van der Waals surface area (Å²) < 4.78 is 7.49. The summed E-state index contributed by atoms with van der Waals surface area (Å²) in [4.78, 5) is 14.7. The highest BCUT2D eigenvalue weighted by molar-refractivity contribution is 6.06. The van der Waals surface area contributed by atoms with Gasteiger partial charge >= 0.3 is 0 Å². The van der Waals surface area contributed by atoms with E-state index in [0.29, 0.717) is 6.54 Å². The fraction of sp³-hybridized carbons (Fsp3) is 0.250. The second-order valence-electron chi connectivity index (χ2n) is 5.82. The highest BCUT2D eigenvalue weighted by Gasteiger charge is 2.19.